The second kappa shape index (κ2) is 7.80. The van der Waals surface area contributed by atoms with Crippen molar-refractivity contribution in [3.63, 3.8) is 0 Å². The molecule has 1 fully saturated rings. The van der Waals surface area contributed by atoms with Gasteiger partial charge in [0.15, 0.2) is 0 Å². The van der Waals surface area contributed by atoms with E-state index in [1.54, 1.807) is 9.80 Å². The molecule has 1 aliphatic heterocycles. The van der Waals surface area contributed by atoms with Gasteiger partial charge >= 0.3 is 0 Å². The highest BCUT2D eigenvalue weighted by Crippen LogP contribution is 2.22. The summed E-state index contributed by atoms with van der Waals surface area (Å²) in [5.41, 5.74) is 0. The highest BCUT2D eigenvalue weighted by atomic mass is 35.5. The third-order valence-corrected chi connectivity index (χ3v) is 4.92. The minimum absolute atomic E-state index is 0.0114. The van der Waals surface area contributed by atoms with Gasteiger partial charge in [0, 0.05) is 24.4 Å². The summed E-state index contributed by atoms with van der Waals surface area (Å²) in [5.74, 6) is 0.119. The molecular formula is C15H21ClN2O2S. The van der Waals surface area contributed by atoms with Gasteiger partial charge in [-0.3, -0.25) is 9.59 Å². The van der Waals surface area contributed by atoms with Gasteiger partial charge in [0.05, 0.1) is 17.4 Å². The van der Waals surface area contributed by atoms with Crippen LogP contribution in [0.2, 0.25) is 4.34 Å². The molecule has 21 heavy (non-hydrogen) atoms. The Kier molecular flexibility index (Phi) is 6.06. The van der Waals surface area contributed by atoms with E-state index in [2.05, 4.69) is 0 Å². The van der Waals surface area contributed by atoms with E-state index in [0.29, 0.717) is 26.1 Å². The zero-order valence-corrected chi connectivity index (χ0v) is 13.9. The molecule has 0 atom stereocenters. The van der Waals surface area contributed by atoms with Crippen LogP contribution in [0.5, 0.6) is 0 Å². The summed E-state index contributed by atoms with van der Waals surface area (Å²) in [7, 11) is 0. The van der Waals surface area contributed by atoms with Crippen molar-refractivity contribution < 1.29 is 9.59 Å². The Morgan fingerprint density at radius 3 is 2.86 bits per heavy atom. The monoisotopic (exact) mass is 328 g/mol. The number of hydrogen-bond acceptors (Lipinski definition) is 3. The van der Waals surface area contributed by atoms with E-state index < -0.39 is 0 Å². The number of halogens is 1. The standard InChI is InChI=1S/C15H21ClN2O2S/c1-2-17(10-12-7-8-13(16)21-12)15(20)11-18-9-5-3-4-6-14(18)19/h7-8H,2-6,9-11H2,1H3. The minimum Gasteiger partial charge on any atom is -0.336 e. The Morgan fingerprint density at radius 2 is 2.19 bits per heavy atom. The van der Waals surface area contributed by atoms with Crippen molar-refractivity contribution >= 4 is 34.8 Å². The summed E-state index contributed by atoms with van der Waals surface area (Å²) in [6.45, 7) is 4.06. The van der Waals surface area contributed by atoms with Crippen LogP contribution in [0.15, 0.2) is 12.1 Å². The Bertz CT molecular complexity index is 504. The molecule has 0 N–H and O–H groups in total. The summed E-state index contributed by atoms with van der Waals surface area (Å²) in [6.07, 6.45) is 3.57. The molecule has 0 aliphatic carbocycles. The largest absolute Gasteiger partial charge is 0.336 e. The lowest BCUT2D eigenvalue weighted by atomic mass is 10.2. The van der Waals surface area contributed by atoms with Crippen molar-refractivity contribution in [1.82, 2.24) is 9.80 Å². The molecule has 6 heteroatoms. The van der Waals surface area contributed by atoms with Gasteiger partial charge in [0.25, 0.3) is 0 Å². The van der Waals surface area contributed by atoms with E-state index in [1.807, 2.05) is 19.1 Å². The third-order valence-electron chi connectivity index (χ3n) is 3.71. The van der Waals surface area contributed by atoms with Crippen molar-refractivity contribution in [2.24, 2.45) is 0 Å². The molecular weight excluding hydrogens is 308 g/mol. The Labute approximate surface area is 134 Å². The lowest BCUT2D eigenvalue weighted by molar-refractivity contribution is -0.140. The van der Waals surface area contributed by atoms with Gasteiger partial charge in [-0.1, -0.05) is 18.0 Å². The summed E-state index contributed by atoms with van der Waals surface area (Å²) >= 11 is 7.41. The van der Waals surface area contributed by atoms with Crippen LogP contribution < -0.4 is 0 Å². The van der Waals surface area contributed by atoms with E-state index in [9.17, 15) is 9.59 Å². The van der Waals surface area contributed by atoms with E-state index in [-0.39, 0.29) is 18.4 Å². The maximum absolute atomic E-state index is 12.4. The first-order valence-electron chi connectivity index (χ1n) is 7.40. The van der Waals surface area contributed by atoms with Crippen LogP contribution in [0.3, 0.4) is 0 Å². The molecule has 0 spiro atoms. The molecule has 0 aromatic carbocycles. The molecule has 1 aromatic heterocycles. The van der Waals surface area contributed by atoms with Gasteiger partial charge in [-0.25, -0.2) is 0 Å². The summed E-state index contributed by atoms with van der Waals surface area (Å²) in [6, 6.07) is 3.79. The molecule has 0 saturated carbocycles. The molecule has 1 aliphatic rings. The van der Waals surface area contributed by atoms with Crippen LogP contribution in [0.1, 0.15) is 37.5 Å². The van der Waals surface area contributed by atoms with Crippen LogP contribution in [-0.4, -0.2) is 41.2 Å². The van der Waals surface area contributed by atoms with Crippen LogP contribution in [0.4, 0.5) is 0 Å². The number of hydrogen-bond donors (Lipinski definition) is 0. The highest BCUT2D eigenvalue weighted by molar-refractivity contribution is 7.16. The normalized spacial score (nSPS) is 15.9. The SMILES string of the molecule is CCN(Cc1ccc(Cl)s1)C(=O)CN1CCCCCC1=O. The summed E-state index contributed by atoms with van der Waals surface area (Å²) in [5, 5.41) is 0. The van der Waals surface area contributed by atoms with Gasteiger partial charge in [0.1, 0.15) is 0 Å². The number of amides is 2. The van der Waals surface area contributed by atoms with Gasteiger partial charge in [-0.05, 0) is 31.9 Å². The maximum Gasteiger partial charge on any atom is 0.242 e. The van der Waals surface area contributed by atoms with Gasteiger partial charge < -0.3 is 9.80 Å². The number of likely N-dealkylation sites (N-methyl/N-ethyl adjacent to an activating group) is 1. The van der Waals surface area contributed by atoms with E-state index in [4.69, 9.17) is 11.6 Å². The lowest BCUT2D eigenvalue weighted by Gasteiger charge is -2.25. The Balaban J connectivity index is 1.94. The van der Waals surface area contributed by atoms with Crippen molar-refractivity contribution in [3.05, 3.63) is 21.3 Å². The van der Waals surface area contributed by atoms with Crippen molar-refractivity contribution in [2.45, 2.75) is 39.2 Å². The van der Waals surface area contributed by atoms with Crippen molar-refractivity contribution in [2.75, 3.05) is 19.6 Å². The van der Waals surface area contributed by atoms with Gasteiger partial charge in [-0.2, -0.15) is 0 Å². The molecule has 2 heterocycles. The first-order valence-corrected chi connectivity index (χ1v) is 8.59. The minimum atomic E-state index is 0.0114. The molecule has 116 valence electrons. The summed E-state index contributed by atoms with van der Waals surface area (Å²) < 4.78 is 0.733. The predicted octanol–water partition coefficient (Wildman–Crippen LogP) is 3.15. The fourth-order valence-electron chi connectivity index (χ4n) is 2.47. The van der Waals surface area contributed by atoms with Crippen LogP contribution in [0, 0.1) is 0 Å². The highest BCUT2D eigenvalue weighted by Gasteiger charge is 2.22. The fraction of sp³-hybridized carbons (Fsp3) is 0.600. The smallest absolute Gasteiger partial charge is 0.242 e. The van der Waals surface area contributed by atoms with E-state index in [1.165, 1.54) is 11.3 Å². The zero-order chi connectivity index (χ0) is 15.2. The van der Waals surface area contributed by atoms with Crippen LogP contribution >= 0.6 is 22.9 Å². The van der Waals surface area contributed by atoms with Crippen molar-refractivity contribution in [3.8, 4) is 0 Å². The Hall–Kier alpha value is -1.07. The predicted molar refractivity (Wildman–Crippen MR) is 85.5 cm³/mol. The molecule has 1 aromatic rings. The zero-order valence-electron chi connectivity index (χ0n) is 12.3. The molecule has 0 bridgehead atoms. The molecule has 0 radical (unpaired) electrons. The number of likely N-dealkylation sites (tertiary alicyclic amines) is 1. The Morgan fingerprint density at radius 1 is 1.38 bits per heavy atom. The maximum atomic E-state index is 12.4. The third kappa shape index (κ3) is 4.71. The lowest BCUT2D eigenvalue weighted by Crippen LogP contribution is -2.42. The fourth-order valence-corrected chi connectivity index (χ4v) is 3.57. The molecule has 0 unspecified atom stereocenters. The topological polar surface area (TPSA) is 40.6 Å². The van der Waals surface area contributed by atoms with Crippen LogP contribution in [-0.2, 0) is 16.1 Å². The van der Waals surface area contributed by atoms with Crippen molar-refractivity contribution in [1.29, 1.82) is 0 Å². The second-order valence-electron chi connectivity index (χ2n) is 5.24. The number of carbonyl (C=O) groups is 2. The molecule has 2 amide bonds. The number of nitrogens with zero attached hydrogens (tertiary/aromatic N) is 2. The number of thiophene rings is 1. The number of rotatable bonds is 5. The van der Waals surface area contributed by atoms with Gasteiger partial charge in [0.2, 0.25) is 11.8 Å². The van der Waals surface area contributed by atoms with Gasteiger partial charge in [-0.15, -0.1) is 11.3 Å². The first kappa shape index (κ1) is 16.3. The molecule has 2 rings (SSSR count). The average molecular weight is 329 g/mol. The molecule has 4 nitrogen and oxygen atoms in total. The van der Waals surface area contributed by atoms with E-state index in [0.717, 1.165) is 28.5 Å². The van der Waals surface area contributed by atoms with E-state index >= 15 is 0 Å². The first-order chi connectivity index (χ1) is 10.1. The molecule has 1 saturated heterocycles. The second-order valence-corrected chi connectivity index (χ2v) is 7.04. The average Bonchev–Trinajstić information content (AvgIpc) is 2.77. The van der Waals surface area contributed by atoms with Crippen LogP contribution in [0.25, 0.3) is 0 Å². The number of carbonyl (C=O) groups excluding carboxylic acids is 2. The summed E-state index contributed by atoms with van der Waals surface area (Å²) in [4.78, 5) is 28.9. The quantitative estimate of drug-likeness (QED) is 0.833.